The minimum Gasteiger partial charge on any atom is -0.638 e. The molecule has 0 aliphatic heterocycles. The number of hydrogen-bond donors (Lipinski definition) is 0. The van der Waals surface area contributed by atoms with Gasteiger partial charge in [-0.15, -0.1) is 0 Å². The van der Waals surface area contributed by atoms with Crippen LogP contribution in [0.2, 0.25) is 0 Å². The largest absolute Gasteiger partial charge is 0.638 e. The van der Waals surface area contributed by atoms with Crippen molar-refractivity contribution >= 4 is 11.9 Å². The van der Waals surface area contributed by atoms with Gasteiger partial charge in [0.2, 0.25) is 0 Å². The smallest absolute Gasteiger partial charge is 0.312 e. The van der Waals surface area contributed by atoms with Gasteiger partial charge in [-0.3, -0.25) is 9.59 Å². The molecule has 0 aromatic rings. The van der Waals surface area contributed by atoms with Gasteiger partial charge in [0, 0.05) is 39.6 Å². The molecule has 0 spiro atoms. The SMILES string of the molecule is [CH2-]OC(=O)COC(C)=O.[Y]. The molecule has 0 aliphatic carbocycles. The van der Waals surface area contributed by atoms with Crippen LogP contribution in [0.4, 0.5) is 0 Å². The van der Waals surface area contributed by atoms with E-state index in [4.69, 9.17) is 0 Å². The van der Waals surface area contributed by atoms with Crippen LogP contribution in [0, 0.1) is 7.11 Å². The Hall–Kier alpha value is 0.0439. The predicted octanol–water partition coefficient (Wildman–Crippen LogP) is -0.118. The summed E-state index contributed by atoms with van der Waals surface area (Å²) in [5.41, 5.74) is 0. The van der Waals surface area contributed by atoms with Crippen molar-refractivity contribution in [3.05, 3.63) is 7.11 Å². The van der Waals surface area contributed by atoms with E-state index in [1.54, 1.807) is 0 Å². The first-order valence-corrected chi connectivity index (χ1v) is 2.25. The Kier molecular flexibility index (Phi) is 9.08. The zero-order chi connectivity index (χ0) is 7.28. The fraction of sp³-hybridized carbons (Fsp3) is 0.400. The van der Waals surface area contributed by atoms with E-state index in [0.29, 0.717) is 0 Å². The fourth-order valence-electron chi connectivity index (χ4n) is 0.202. The molecular weight excluding hydrogens is 213 g/mol. The number of carbonyl (C=O) groups excluding carboxylic acids is 2. The summed E-state index contributed by atoms with van der Waals surface area (Å²) in [6.07, 6.45) is 0. The van der Waals surface area contributed by atoms with Gasteiger partial charge in [0.1, 0.15) is 0 Å². The molecule has 0 saturated carbocycles. The predicted molar refractivity (Wildman–Crippen MR) is 28.1 cm³/mol. The summed E-state index contributed by atoms with van der Waals surface area (Å²) in [6, 6.07) is 0. The minimum absolute atomic E-state index is 0. The van der Waals surface area contributed by atoms with Gasteiger partial charge in [-0.1, -0.05) is 0 Å². The average molecular weight is 220 g/mol. The van der Waals surface area contributed by atoms with Crippen molar-refractivity contribution in [2.24, 2.45) is 0 Å². The molecule has 0 unspecified atom stereocenters. The van der Waals surface area contributed by atoms with Crippen LogP contribution in [0.25, 0.3) is 0 Å². The molecular formula is C5H7O4Y-. The number of esters is 2. The average Bonchev–Trinajstić information content (AvgIpc) is 1.83. The van der Waals surface area contributed by atoms with Crippen LogP contribution in [0.15, 0.2) is 0 Å². The first-order chi connectivity index (χ1) is 4.16. The van der Waals surface area contributed by atoms with Crippen LogP contribution in [-0.2, 0) is 51.8 Å². The van der Waals surface area contributed by atoms with E-state index in [2.05, 4.69) is 16.6 Å². The third kappa shape index (κ3) is 8.04. The molecule has 0 rings (SSSR count). The van der Waals surface area contributed by atoms with E-state index in [0.717, 1.165) is 0 Å². The number of ether oxygens (including phenoxy) is 2. The van der Waals surface area contributed by atoms with Crippen molar-refractivity contribution in [2.75, 3.05) is 6.61 Å². The summed E-state index contributed by atoms with van der Waals surface area (Å²) in [6.45, 7) is 0.842. The molecule has 10 heavy (non-hydrogen) atoms. The monoisotopic (exact) mass is 220 g/mol. The second kappa shape index (κ2) is 7.15. The maximum Gasteiger partial charge on any atom is 0.312 e. The molecule has 1 radical (unpaired) electrons. The normalized spacial score (nSPS) is 7.40. The molecule has 0 aromatic carbocycles. The molecule has 55 valence electrons. The molecule has 5 heteroatoms. The van der Waals surface area contributed by atoms with Gasteiger partial charge >= 0.3 is 11.9 Å². The van der Waals surface area contributed by atoms with E-state index in [1.165, 1.54) is 6.92 Å². The van der Waals surface area contributed by atoms with Crippen molar-refractivity contribution in [3.63, 3.8) is 0 Å². The summed E-state index contributed by atoms with van der Waals surface area (Å²) < 4.78 is 8.18. The number of hydrogen-bond acceptors (Lipinski definition) is 4. The summed E-state index contributed by atoms with van der Waals surface area (Å²) >= 11 is 0. The summed E-state index contributed by atoms with van der Waals surface area (Å²) in [5, 5.41) is 0. The molecule has 0 saturated heterocycles. The van der Waals surface area contributed by atoms with Gasteiger partial charge in [0.15, 0.2) is 6.61 Å². The fourth-order valence-corrected chi connectivity index (χ4v) is 0.202. The maximum absolute atomic E-state index is 10.2. The number of rotatable bonds is 2. The van der Waals surface area contributed by atoms with Gasteiger partial charge in [-0.05, 0) is 0 Å². The second-order valence-electron chi connectivity index (χ2n) is 1.30. The van der Waals surface area contributed by atoms with Crippen LogP contribution in [-0.4, -0.2) is 18.5 Å². The van der Waals surface area contributed by atoms with Crippen LogP contribution >= 0.6 is 0 Å². The minimum atomic E-state index is -0.662. The molecule has 0 bridgehead atoms. The van der Waals surface area contributed by atoms with Crippen LogP contribution < -0.4 is 0 Å². The van der Waals surface area contributed by atoms with Gasteiger partial charge in [-0.25, -0.2) is 0 Å². The third-order valence-corrected chi connectivity index (χ3v) is 0.554. The number of carbonyl (C=O) groups is 2. The Morgan fingerprint density at radius 1 is 1.50 bits per heavy atom. The Balaban J connectivity index is 0. The van der Waals surface area contributed by atoms with Crippen LogP contribution in [0.3, 0.4) is 0 Å². The van der Waals surface area contributed by atoms with Gasteiger partial charge in [0.05, 0.1) is 0 Å². The zero-order valence-electron chi connectivity index (χ0n) is 5.62. The Bertz CT molecular complexity index is 123. The van der Waals surface area contributed by atoms with Gasteiger partial charge in [0.25, 0.3) is 0 Å². The molecule has 4 nitrogen and oxygen atoms in total. The van der Waals surface area contributed by atoms with Gasteiger partial charge < -0.3 is 9.47 Å². The molecule has 0 fully saturated rings. The topological polar surface area (TPSA) is 52.6 Å². The van der Waals surface area contributed by atoms with Gasteiger partial charge in [-0.2, -0.15) is 7.11 Å². The van der Waals surface area contributed by atoms with Crippen molar-refractivity contribution < 1.29 is 51.8 Å². The van der Waals surface area contributed by atoms with Crippen molar-refractivity contribution in [2.45, 2.75) is 6.92 Å². The Morgan fingerprint density at radius 2 is 2.00 bits per heavy atom. The van der Waals surface area contributed by atoms with Crippen molar-refractivity contribution in [3.8, 4) is 0 Å². The van der Waals surface area contributed by atoms with E-state index in [-0.39, 0.29) is 39.3 Å². The van der Waals surface area contributed by atoms with Crippen molar-refractivity contribution in [1.82, 2.24) is 0 Å². The molecule has 0 amide bonds. The molecule has 0 aromatic heterocycles. The Labute approximate surface area is 84.1 Å². The van der Waals surface area contributed by atoms with E-state index in [9.17, 15) is 9.59 Å². The quantitative estimate of drug-likeness (QED) is 0.481. The van der Waals surface area contributed by atoms with Crippen LogP contribution in [0.1, 0.15) is 6.92 Å². The van der Waals surface area contributed by atoms with E-state index >= 15 is 0 Å². The second-order valence-corrected chi connectivity index (χ2v) is 1.30. The summed E-state index contributed by atoms with van der Waals surface area (Å²) in [7, 11) is 2.82. The summed E-state index contributed by atoms with van der Waals surface area (Å²) in [4.78, 5) is 20.2. The maximum atomic E-state index is 10.2. The molecule has 0 atom stereocenters. The molecule has 0 heterocycles. The van der Waals surface area contributed by atoms with Crippen LogP contribution in [0.5, 0.6) is 0 Å². The Morgan fingerprint density at radius 3 is 2.30 bits per heavy atom. The third-order valence-electron chi connectivity index (χ3n) is 0.554. The summed E-state index contributed by atoms with van der Waals surface area (Å²) in [5.74, 6) is -1.18. The first-order valence-electron chi connectivity index (χ1n) is 2.25. The molecule has 0 aliphatic rings. The zero-order valence-corrected chi connectivity index (χ0v) is 8.46. The van der Waals surface area contributed by atoms with Crippen molar-refractivity contribution in [1.29, 1.82) is 0 Å². The molecule has 0 N–H and O–H groups in total. The standard InChI is InChI=1S/C5H7O4.Y/c1-4(6)9-3-5(7)8-2;/h2-3H2,1H3;/q-1;. The first kappa shape index (κ1) is 12.7. The van der Waals surface area contributed by atoms with E-state index in [1.807, 2.05) is 0 Å². The van der Waals surface area contributed by atoms with E-state index < -0.39 is 11.9 Å².